The third kappa shape index (κ3) is 6.52. The first-order chi connectivity index (χ1) is 14.9. The van der Waals surface area contributed by atoms with Crippen LogP contribution in [0.4, 0.5) is 0 Å². The predicted octanol–water partition coefficient (Wildman–Crippen LogP) is 0.250. The third-order valence-electron chi connectivity index (χ3n) is 10.5. The zero-order chi connectivity index (χ0) is 23.3. The summed E-state index contributed by atoms with van der Waals surface area (Å²) in [6.45, 7) is 12.2. The van der Waals surface area contributed by atoms with Crippen LogP contribution in [-0.4, -0.2) is 6.10 Å². The zero-order valence-electron chi connectivity index (χ0n) is 23.0. The van der Waals surface area contributed by atoms with Crippen molar-refractivity contribution in [2.45, 2.75) is 111 Å². The number of hydrogen-bond donors (Lipinski definition) is 0. The van der Waals surface area contributed by atoms with Crippen molar-refractivity contribution < 1.29 is 78.0 Å². The van der Waals surface area contributed by atoms with Gasteiger partial charge in [-0.25, -0.2) is 0 Å². The van der Waals surface area contributed by atoms with Gasteiger partial charge in [0.2, 0.25) is 0 Å². The van der Waals surface area contributed by atoms with E-state index in [1.807, 2.05) is 0 Å². The molecule has 4 aliphatic rings. The van der Waals surface area contributed by atoms with Crippen LogP contribution in [0.25, 0.3) is 0 Å². The van der Waals surface area contributed by atoms with Gasteiger partial charge in [-0.15, -0.1) is 0 Å². The van der Waals surface area contributed by atoms with Gasteiger partial charge >= 0.3 is 59.1 Å². The van der Waals surface area contributed by atoms with E-state index in [0.717, 1.165) is 42.4 Å². The van der Waals surface area contributed by atoms with Crippen molar-refractivity contribution in [1.82, 2.24) is 0 Å². The largest absolute Gasteiger partial charge is 1.00 e. The van der Waals surface area contributed by atoms with E-state index in [1.165, 1.54) is 50.5 Å². The Balaban J connectivity index is 0.00000204. The molecule has 8 atom stereocenters. The first-order valence-corrected chi connectivity index (χ1v) is 14.8. The second-order valence-corrected chi connectivity index (χ2v) is 13.8. The molecule has 3 saturated carbocycles. The molecule has 184 valence electrons. The average molecular weight is 511 g/mol. The summed E-state index contributed by atoms with van der Waals surface area (Å²) < 4.78 is 16.0. The van der Waals surface area contributed by atoms with Crippen LogP contribution in [-0.2, 0) is 9.09 Å². The number of allylic oxidation sites excluding steroid dienone is 1. The number of fused-ring (bicyclic) bond motifs is 5. The van der Waals surface area contributed by atoms with E-state index in [-0.39, 0.29) is 64.5 Å². The van der Waals surface area contributed by atoms with Gasteiger partial charge in [-0.3, -0.25) is 0 Å². The molecule has 4 rings (SSSR count). The Kier molecular flexibility index (Phi) is 11.7. The minimum atomic E-state index is -4.91. The maximum Gasteiger partial charge on any atom is 1.00 e. The maximum atomic E-state index is 11.1. The fourth-order valence-corrected chi connectivity index (χ4v) is 9.47. The standard InChI is InChI=1S/C27H47O4P.2Na/c1-18(2)7-6-8-19(3)23-11-12-24-22-10-9-20-17-21(31-32(28,29)30)13-15-26(20,4)25(22)14-16-27(23,24)5;;/h9,18-19,21-25H,6-8,10-17H2,1-5H3,(H2,28,29,30);;/q;2*+1/p-2/t19?,21-,22-,23+,24-,25-,26-,27+;;/m0../s1. The Morgan fingerprint density at radius 1 is 1.03 bits per heavy atom. The molecule has 0 aromatic carbocycles. The molecule has 0 bridgehead atoms. The Morgan fingerprint density at radius 3 is 2.38 bits per heavy atom. The summed E-state index contributed by atoms with van der Waals surface area (Å²) in [6.07, 6.45) is 14.9. The molecular formula is C27H45Na2O4P. The van der Waals surface area contributed by atoms with Crippen molar-refractivity contribution in [3.05, 3.63) is 11.6 Å². The number of hydrogen-bond acceptors (Lipinski definition) is 4. The molecule has 0 aromatic rings. The Labute approximate surface area is 253 Å². The normalized spacial score (nSPS) is 40.2. The van der Waals surface area contributed by atoms with Crippen molar-refractivity contribution in [1.29, 1.82) is 0 Å². The molecule has 7 heteroatoms. The molecule has 0 amide bonds. The first-order valence-electron chi connectivity index (χ1n) is 13.3. The van der Waals surface area contributed by atoms with Crippen molar-refractivity contribution in [3.63, 3.8) is 0 Å². The third-order valence-corrected chi connectivity index (χ3v) is 11.1. The van der Waals surface area contributed by atoms with Gasteiger partial charge in [-0.05, 0) is 97.7 Å². The van der Waals surface area contributed by atoms with Crippen LogP contribution in [0.2, 0.25) is 0 Å². The molecule has 0 saturated heterocycles. The molecule has 0 aliphatic heterocycles. The second kappa shape index (κ2) is 12.4. The van der Waals surface area contributed by atoms with E-state index in [4.69, 9.17) is 4.52 Å². The minimum Gasteiger partial charge on any atom is -0.790 e. The van der Waals surface area contributed by atoms with Crippen LogP contribution in [0.1, 0.15) is 105 Å². The quantitative estimate of drug-likeness (QED) is 0.280. The molecule has 0 N–H and O–H groups in total. The summed E-state index contributed by atoms with van der Waals surface area (Å²) in [7, 11) is -4.91. The Morgan fingerprint density at radius 2 is 1.74 bits per heavy atom. The summed E-state index contributed by atoms with van der Waals surface area (Å²) in [5.41, 5.74) is 2.00. The van der Waals surface area contributed by atoms with Crippen molar-refractivity contribution in [2.75, 3.05) is 0 Å². The Bertz CT molecular complexity index is 768. The first kappa shape index (κ1) is 32.1. The molecule has 0 heterocycles. The molecule has 1 unspecified atom stereocenters. The van der Waals surface area contributed by atoms with E-state index in [0.29, 0.717) is 24.2 Å². The van der Waals surface area contributed by atoms with Gasteiger partial charge in [-0.1, -0.05) is 65.5 Å². The number of phosphoric acid groups is 1. The van der Waals surface area contributed by atoms with E-state index >= 15 is 0 Å². The van der Waals surface area contributed by atoms with Crippen LogP contribution in [0, 0.1) is 46.3 Å². The van der Waals surface area contributed by atoms with Crippen molar-refractivity contribution in [3.8, 4) is 0 Å². The van der Waals surface area contributed by atoms with Crippen LogP contribution in [0.15, 0.2) is 11.6 Å². The minimum absolute atomic E-state index is 0. The van der Waals surface area contributed by atoms with Crippen LogP contribution in [0.5, 0.6) is 0 Å². The number of rotatable bonds is 7. The molecule has 34 heavy (non-hydrogen) atoms. The summed E-state index contributed by atoms with van der Waals surface area (Å²) in [6, 6.07) is 0. The molecule has 0 aromatic heterocycles. The van der Waals surface area contributed by atoms with E-state index < -0.39 is 13.9 Å². The SMILES string of the molecule is CC(C)CCCC(C)[C@H]1CC[C@H]2[C@@H]3CC=C4C[C@@H](OP(=O)([O-])[O-])CC[C@]4(C)[C@H]3CC[C@]12C.[Na+].[Na+]. The van der Waals surface area contributed by atoms with Crippen molar-refractivity contribution >= 4 is 7.82 Å². The average Bonchev–Trinajstić information content (AvgIpc) is 3.04. The molecule has 0 radical (unpaired) electrons. The van der Waals surface area contributed by atoms with Gasteiger partial charge in [0.1, 0.15) is 0 Å². The van der Waals surface area contributed by atoms with E-state index in [2.05, 4.69) is 40.7 Å². The summed E-state index contributed by atoms with van der Waals surface area (Å²) >= 11 is 0. The summed E-state index contributed by atoms with van der Waals surface area (Å²) in [5, 5.41) is 0. The summed E-state index contributed by atoms with van der Waals surface area (Å²) in [5.74, 6) is 4.79. The van der Waals surface area contributed by atoms with Crippen LogP contribution < -0.4 is 68.9 Å². The van der Waals surface area contributed by atoms with E-state index in [1.54, 1.807) is 0 Å². The monoisotopic (exact) mass is 510 g/mol. The fourth-order valence-electron chi connectivity index (χ4n) is 8.92. The topological polar surface area (TPSA) is 72.4 Å². The number of phosphoric ester groups is 1. The van der Waals surface area contributed by atoms with Gasteiger partial charge in [0.05, 0.1) is 13.9 Å². The van der Waals surface area contributed by atoms with Crippen molar-refractivity contribution in [2.24, 2.45) is 46.3 Å². The Hall–Kier alpha value is 1.85. The zero-order valence-corrected chi connectivity index (χ0v) is 27.9. The molecule has 4 nitrogen and oxygen atoms in total. The second-order valence-electron chi connectivity index (χ2n) is 12.7. The molecule has 0 spiro atoms. The summed E-state index contributed by atoms with van der Waals surface area (Å²) in [4.78, 5) is 22.3. The van der Waals surface area contributed by atoms with Crippen LogP contribution >= 0.6 is 7.82 Å². The van der Waals surface area contributed by atoms with Gasteiger partial charge in [0.25, 0.3) is 0 Å². The fraction of sp³-hybridized carbons (Fsp3) is 0.926. The molecule has 4 aliphatic carbocycles. The van der Waals surface area contributed by atoms with Gasteiger partial charge in [-0.2, -0.15) is 0 Å². The van der Waals surface area contributed by atoms with Gasteiger partial charge < -0.3 is 18.9 Å². The molecular weight excluding hydrogens is 465 g/mol. The van der Waals surface area contributed by atoms with Gasteiger partial charge in [0, 0.05) is 0 Å². The van der Waals surface area contributed by atoms with Gasteiger partial charge in [0.15, 0.2) is 0 Å². The van der Waals surface area contributed by atoms with E-state index in [9.17, 15) is 14.4 Å². The van der Waals surface area contributed by atoms with Crippen LogP contribution in [0.3, 0.4) is 0 Å². The predicted molar refractivity (Wildman–Crippen MR) is 126 cm³/mol. The maximum absolute atomic E-state index is 11.1. The smallest absolute Gasteiger partial charge is 0.790 e. The molecule has 3 fully saturated rings.